The van der Waals surface area contributed by atoms with E-state index >= 15 is 0 Å². The molecule has 92 valence electrons. The summed E-state index contributed by atoms with van der Waals surface area (Å²) in [6.45, 7) is 12.0. The standard InChI is InChI=1S/C13H23NO2/c1-5-16-12(15)11(4)8-14-9-13(6-7-13)10(2)3/h10,14H,4-9H2,1-3H3. The zero-order valence-electron chi connectivity index (χ0n) is 10.6. The molecule has 3 heteroatoms. The fraction of sp³-hybridized carbons (Fsp3) is 0.769. The summed E-state index contributed by atoms with van der Waals surface area (Å²) in [6.07, 6.45) is 2.59. The Bertz CT molecular complexity index is 267. The van der Waals surface area contributed by atoms with Crippen LogP contribution in [0.25, 0.3) is 0 Å². The van der Waals surface area contributed by atoms with Crippen molar-refractivity contribution in [3.63, 3.8) is 0 Å². The lowest BCUT2D eigenvalue weighted by Crippen LogP contribution is -2.30. The SMILES string of the molecule is C=C(CNCC1(C(C)C)CC1)C(=O)OCC. The van der Waals surface area contributed by atoms with Crippen molar-refractivity contribution in [1.29, 1.82) is 0 Å². The van der Waals surface area contributed by atoms with Gasteiger partial charge in [-0.3, -0.25) is 0 Å². The predicted octanol–water partition coefficient (Wildman–Crippen LogP) is 2.13. The third-order valence-corrected chi connectivity index (χ3v) is 3.50. The van der Waals surface area contributed by atoms with Crippen LogP contribution in [0.4, 0.5) is 0 Å². The van der Waals surface area contributed by atoms with Gasteiger partial charge in [0.15, 0.2) is 0 Å². The summed E-state index contributed by atoms with van der Waals surface area (Å²) in [7, 11) is 0. The summed E-state index contributed by atoms with van der Waals surface area (Å²) in [5.41, 5.74) is 0.982. The summed E-state index contributed by atoms with van der Waals surface area (Å²) in [4.78, 5) is 11.3. The highest BCUT2D eigenvalue weighted by molar-refractivity contribution is 5.88. The van der Waals surface area contributed by atoms with E-state index in [9.17, 15) is 4.79 Å². The van der Waals surface area contributed by atoms with Gasteiger partial charge in [0.05, 0.1) is 6.61 Å². The second kappa shape index (κ2) is 5.48. The number of hydrogen-bond acceptors (Lipinski definition) is 3. The second-order valence-electron chi connectivity index (χ2n) is 4.94. The molecule has 1 aliphatic carbocycles. The third kappa shape index (κ3) is 3.34. The van der Waals surface area contributed by atoms with Crippen LogP contribution in [0.3, 0.4) is 0 Å². The van der Waals surface area contributed by atoms with Gasteiger partial charge in [-0.2, -0.15) is 0 Å². The molecule has 0 heterocycles. The molecule has 3 nitrogen and oxygen atoms in total. The van der Waals surface area contributed by atoms with E-state index < -0.39 is 0 Å². The molecule has 1 fully saturated rings. The van der Waals surface area contributed by atoms with Gasteiger partial charge in [-0.05, 0) is 31.1 Å². The van der Waals surface area contributed by atoms with Crippen LogP contribution in [0.15, 0.2) is 12.2 Å². The minimum atomic E-state index is -0.288. The molecule has 0 radical (unpaired) electrons. The summed E-state index contributed by atoms with van der Waals surface area (Å²) in [5.74, 6) is 0.417. The zero-order chi connectivity index (χ0) is 12.2. The Morgan fingerprint density at radius 3 is 2.56 bits per heavy atom. The summed E-state index contributed by atoms with van der Waals surface area (Å²) in [6, 6.07) is 0. The Hall–Kier alpha value is -0.830. The zero-order valence-corrected chi connectivity index (χ0v) is 10.6. The smallest absolute Gasteiger partial charge is 0.334 e. The van der Waals surface area contributed by atoms with Crippen LogP contribution >= 0.6 is 0 Å². The van der Waals surface area contributed by atoms with Gasteiger partial charge in [0, 0.05) is 18.7 Å². The van der Waals surface area contributed by atoms with E-state index in [2.05, 4.69) is 25.7 Å². The van der Waals surface area contributed by atoms with E-state index in [0.717, 1.165) is 6.54 Å². The minimum Gasteiger partial charge on any atom is -0.463 e. The fourth-order valence-corrected chi connectivity index (χ4v) is 1.89. The van der Waals surface area contributed by atoms with Crippen LogP contribution in [0.2, 0.25) is 0 Å². The molecule has 1 saturated carbocycles. The molecular weight excluding hydrogens is 202 g/mol. The van der Waals surface area contributed by atoms with Gasteiger partial charge in [0.1, 0.15) is 0 Å². The van der Waals surface area contributed by atoms with Crippen LogP contribution in [0.5, 0.6) is 0 Å². The summed E-state index contributed by atoms with van der Waals surface area (Å²) in [5, 5.41) is 3.31. The number of esters is 1. The third-order valence-electron chi connectivity index (χ3n) is 3.50. The maximum Gasteiger partial charge on any atom is 0.334 e. The number of hydrogen-bond donors (Lipinski definition) is 1. The Kier molecular flexibility index (Phi) is 4.54. The van der Waals surface area contributed by atoms with Crippen molar-refractivity contribution < 1.29 is 9.53 Å². The Morgan fingerprint density at radius 2 is 2.12 bits per heavy atom. The number of ether oxygens (including phenoxy) is 1. The van der Waals surface area contributed by atoms with Gasteiger partial charge < -0.3 is 10.1 Å². The molecule has 16 heavy (non-hydrogen) atoms. The number of carbonyl (C=O) groups is 1. The highest BCUT2D eigenvalue weighted by atomic mass is 16.5. The molecule has 0 unspecified atom stereocenters. The molecule has 0 bridgehead atoms. The first kappa shape index (κ1) is 13.2. The van der Waals surface area contributed by atoms with Crippen LogP contribution in [-0.2, 0) is 9.53 Å². The second-order valence-corrected chi connectivity index (χ2v) is 4.94. The van der Waals surface area contributed by atoms with Crippen molar-refractivity contribution in [3.05, 3.63) is 12.2 Å². The predicted molar refractivity (Wildman–Crippen MR) is 65.1 cm³/mol. The van der Waals surface area contributed by atoms with Crippen molar-refractivity contribution in [1.82, 2.24) is 5.32 Å². The largest absolute Gasteiger partial charge is 0.463 e. The molecule has 0 aromatic rings. The van der Waals surface area contributed by atoms with Gasteiger partial charge in [-0.25, -0.2) is 4.79 Å². The van der Waals surface area contributed by atoms with E-state index in [0.29, 0.717) is 30.1 Å². The van der Waals surface area contributed by atoms with Crippen LogP contribution in [-0.4, -0.2) is 25.7 Å². The first-order valence-electron chi connectivity index (χ1n) is 6.07. The molecular formula is C13H23NO2. The first-order valence-corrected chi connectivity index (χ1v) is 6.07. The monoisotopic (exact) mass is 225 g/mol. The Labute approximate surface area is 98.2 Å². The maximum absolute atomic E-state index is 11.3. The lowest BCUT2D eigenvalue weighted by Gasteiger charge is -2.20. The van der Waals surface area contributed by atoms with Crippen molar-refractivity contribution >= 4 is 5.97 Å². The average Bonchev–Trinajstić information content (AvgIpc) is 2.99. The molecule has 1 rings (SSSR count). The van der Waals surface area contributed by atoms with Gasteiger partial charge in [-0.1, -0.05) is 20.4 Å². The Balaban J connectivity index is 2.21. The molecule has 0 aromatic heterocycles. The molecule has 0 amide bonds. The highest BCUT2D eigenvalue weighted by Gasteiger charge is 2.44. The van der Waals surface area contributed by atoms with Gasteiger partial charge in [0.25, 0.3) is 0 Å². The van der Waals surface area contributed by atoms with E-state index in [4.69, 9.17) is 4.74 Å². The topological polar surface area (TPSA) is 38.3 Å². The van der Waals surface area contributed by atoms with Gasteiger partial charge in [0.2, 0.25) is 0 Å². The number of rotatable bonds is 7. The van der Waals surface area contributed by atoms with E-state index in [1.165, 1.54) is 12.8 Å². The van der Waals surface area contributed by atoms with E-state index in [1.54, 1.807) is 6.92 Å². The molecule has 1 aliphatic rings. The normalized spacial score (nSPS) is 17.2. The number of nitrogens with one attached hydrogen (secondary N) is 1. The lowest BCUT2D eigenvalue weighted by atomic mass is 9.92. The highest BCUT2D eigenvalue weighted by Crippen LogP contribution is 2.51. The van der Waals surface area contributed by atoms with Crippen molar-refractivity contribution in [2.24, 2.45) is 11.3 Å². The average molecular weight is 225 g/mol. The van der Waals surface area contributed by atoms with E-state index in [1.807, 2.05) is 0 Å². The fourth-order valence-electron chi connectivity index (χ4n) is 1.89. The number of carbonyl (C=O) groups excluding carboxylic acids is 1. The van der Waals surface area contributed by atoms with Gasteiger partial charge >= 0.3 is 5.97 Å². The minimum absolute atomic E-state index is 0.288. The van der Waals surface area contributed by atoms with E-state index in [-0.39, 0.29) is 5.97 Å². The molecule has 0 spiro atoms. The van der Waals surface area contributed by atoms with Crippen LogP contribution < -0.4 is 5.32 Å². The lowest BCUT2D eigenvalue weighted by molar-refractivity contribution is -0.138. The first-order chi connectivity index (χ1) is 7.52. The van der Waals surface area contributed by atoms with Gasteiger partial charge in [-0.15, -0.1) is 0 Å². The van der Waals surface area contributed by atoms with Crippen molar-refractivity contribution in [3.8, 4) is 0 Å². The Morgan fingerprint density at radius 1 is 1.50 bits per heavy atom. The summed E-state index contributed by atoms with van der Waals surface area (Å²) < 4.78 is 4.87. The van der Waals surface area contributed by atoms with Crippen LogP contribution in [0.1, 0.15) is 33.6 Å². The van der Waals surface area contributed by atoms with Crippen molar-refractivity contribution in [2.75, 3.05) is 19.7 Å². The maximum atomic E-state index is 11.3. The molecule has 0 atom stereocenters. The van der Waals surface area contributed by atoms with Crippen molar-refractivity contribution in [2.45, 2.75) is 33.6 Å². The summed E-state index contributed by atoms with van der Waals surface area (Å²) >= 11 is 0. The quantitative estimate of drug-likeness (QED) is 0.533. The molecule has 1 N–H and O–H groups in total. The van der Waals surface area contributed by atoms with Crippen LogP contribution in [0, 0.1) is 11.3 Å². The molecule has 0 aliphatic heterocycles. The molecule has 0 saturated heterocycles. The molecule has 0 aromatic carbocycles.